The number of aromatic nitrogens is 1. The number of carbonyl (C=O) groups is 1. The SMILES string of the molecule is NC(=S)c1ccccc1NC(=O)c1ccncc1O. The molecule has 0 spiro atoms. The number of hydrogen-bond acceptors (Lipinski definition) is 4. The number of pyridine rings is 1. The average molecular weight is 273 g/mol. The number of carbonyl (C=O) groups excluding carboxylic acids is 1. The van der Waals surface area contributed by atoms with E-state index in [1.807, 2.05) is 0 Å². The number of nitrogens with one attached hydrogen (secondary N) is 1. The number of amides is 1. The Kier molecular flexibility index (Phi) is 3.72. The minimum atomic E-state index is -0.455. The Morgan fingerprint density at radius 3 is 2.68 bits per heavy atom. The molecule has 0 fully saturated rings. The van der Waals surface area contributed by atoms with E-state index in [9.17, 15) is 9.90 Å². The van der Waals surface area contributed by atoms with Crippen molar-refractivity contribution < 1.29 is 9.90 Å². The first-order valence-corrected chi connectivity index (χ1v) is 5.83. The maximum atomic E-state index is 12.0. The van der Waals surface area contributed by atoms with Crippen molar-refractivity contribution in [3.8, 4) is 5.75 Å². The van der Waals surface area contributed by atoms with Crippen LogP contribution in [0.1, 0.15) is 15.9 Å². The molecule has 0 saturated carbocycles. The normalized spacial score (nSPS) is 9.89. The standard InChI is InChI=1S/C13H11N3O2S/c14-12(19)8-3-1-2-4-10(8)16-13(18)9-5-6-15-7-11(9)17/h1-7,17H,(H2,14,19)(H,16,18). The van der Waals surface area contributed by atoms with Crippen LogP contribution in [0.15, 0.2) is 42.7 Å². The summed E-state index contributed by atoms with van der Waals surface area (Å²) >= 11 is 4.91. The lowest BCUT2D eigenvalue weighted by Gasteiger charge is -2.10. The predicted octanol–water partition coefficient (Wildman–Crippen LogP) is 1.67. The van der Waals surface area contributed by atoms with Crippen LogP contribution in [0.4, 0.5) is 5.69 Å². The van der Waals surface area contributed by atoms with Crippen molar-refractivity contribution in [2.24, 2.45) is 5.73 Å². The largest absolute Gasteiger partial charge is 0.505 e. The van der Waals surface area contributed by atoms with Crippen LogP contribution < -0.4 is 11.1 Å². The lowest BCUT2D eigenvalue weighted by molar-refractivity contribution is 0.102. The van der Waals surface area contributed by atoms with E-state index in [1.54, 1.807) is 24.3 Å². The van der Waals surface area contributed by atoms with Crippen molar-refractivity contribution in [2.75, 3.05) is 5.32 Å². The highest BCUT2D eigenvalue weighted by atomic mass is 32.1. The zero-order valence-electron chi connectivity index (χ0n) is 9.83. The van der Waals surface area contributed by atoms with Gasteiger partial charge in [0.15, 0.2) is 0 Å². The number of anilines is 1. The van der Waals surface area contributed by atoms with Gasteiger partial charge in [0.1, 0.15) is 10.7 Å². The van der Waals surface area contributed by atoms with Crippen molar-refractivity contribution in [1.29, 1.82) is 0 Å². The highest BCUT2D eigenvalue weighted by Crippen LogP contribution is 2.19. The smallest absolute Gasteiger partial charge is 0.259 e. The molecule has 0 bridgehead atoms. The summed E-state index contributed by atoms with van der Waals surface area (Å²) in [5.74, 6) is -0.642. The maximum Gasteiger partial charge on any atom is 0.259 e. The van der Waals surface area contributed by atoms with Gasteiger partial charge in [-0.25, -0.2) is 0 Å². The summed E-state index contributed by atoms with van der Waals surface area (Å²) in [6.45, 7) is 0. The Labute approximate surface area is 115 Å². The Morgan fingerprint density at radius 2 is 2.00 bits per heavy atom. The van der Waals surface area contributed by atoms with Crippen LogP contribution in [-0.2, 0) is 0 Å². The topological polar surface area (TPSA) is 88.2 Å². The number of aromatic hydroxyl groups is 1. The number of rotatable bonds is 3. The second-order valence-electron chi connectivity index (χ2n) is 3.76. The van der Waals surface area contributed by atoms with Gasteiger partial charge in [0.2, 0.25) is 0 Å². The van der Waals surface area contributed by atoms with Crippen LogP contribution in [-0.4, -0.2) is 21.0 Å². The second-order valence-corrected chi connectivity index (χ2v) is 4.20. The molecular weight excluding hydrogens is 262 g/mol. The number of hydrogen-bond donors (Lipinski definition) is 3. The van der Waals surface area contributed by atoms with Crippen molar-refractivity contribution in [2.45, 2.75) is 0 Å². The first kappa shape index (κ1) is 13.0. The third-order valence-corrected chi connectivity index (χ3v) is 2.71. The second kappa shape index (κ2) is 5.45. The van der Waals surface area contributed by atoms with E-state index in [0.29, 0.717) is 11.3 Å². The molecule has 4 N–H and O–H groups in total. The fourth-order valence-corrected chi connectivity index (χ4v) is 1.75. The fraction of sp³-hybridized carbons (Fsp3) is 0. The van der Waals surface area contributed by atoms with Gasteiger partial charge < -0.3 is 16.2 Å². The summed E-state index contributed by atoms with van der Waals surface area (Å²) in [7, 11) is 0. The molecule has 0 atom stereocenters. The highest BCUT2D eigenvalue weighted by molar-refractivity contribution is 7.80. The zero-order chi connectivity index (χ0) is 13.8. The molecule has 5 nitrogen and oxygen atoms in total. The number of thiocarbonyl (C=S) groups is 1. The Bertz CT molecular complexity index is 643. The van der Waals surface area contributed by atoms with Crippen LogP contribution >= 0.6 is 12.2 Å². The zero-order valence-corrected chi connectivity index (χ0v) is 10.6. The fourth-order valence-electron chi connectivity index (χ4n) is 1.57. The molecule has 1 amide bonds. The van der Waals surface area contributed by atoms with Gasteiger partial charge >= 0.3 is 0 Å². The van der Waals surface area contributed by atoms with E-state index >= 15 is 0 Å². The van der Waals surface area contributed by atoms with Gasteiger partial charge in [0.25, 0.3) is 5.91 Å². The number of para-hydroxylation sites is 1. The Balaban J connectivity index is 2.30. The molecule has 0 saturated heterocycles. The summed E-state index contributed by atoms with van der Waals surface area (Å²) in [6, 6.07) is 8.35. The first-order chi connectivity index (χ1) is 9.09. The summed E-state index contributed by atoms with van der Waals surface area (Å²) in [5, 5.41) is 12.2. The molecule has 6 heteroatoms. The Morgan fingerprint density at radius 1 is 1.26 bits per heavy atom. The summed E-state index contributed by atoms with van der Waals surface area (Å²) in [4.78, 5) is 15.9. The molecule has 96 valence electrons. The highest BCUT2D eigenvalue weighted by Gasteiger charge is 2.13. The van der Waals surface area contributed by atoms with E-state index in [2.05, 4.69) is 10.3 Å². The Hall–Kier alpha value is -2.47. The minimum Gasteiger partial charge on any atom is -0.505 e. The average Bonchev–Trinajstić information content (AvgIpc) is 2.39. The van der Waals surface area contributed by atoms with Gasteiger partial charge in [0.05, 0.1) is 17.4 Å². The molecule has 2 rings (SSSR count). The van der Waals surface area contributed by atoms with Gasteiger partial charge in [-0.3, -0.25) is 9.78 Å². The van der Waals surface area contributed by atoms with Crippen molar-refractivity contribution in [1.82, 2.24) is 4.98 Å². The molecule has 0 aliphatic rings. The van der Waals surface area contributed by atoms with Gasteiger partial charge in [-0.2, -0.15) is 0 Å². The number of nitrogens with zero attached hydrogens (tertiary/aromatic N) is 1. The predicted molar refractivity (Wildman–Crippen MR) is 76.2 cm³/mol. The van der Waals surface area contributed by atoms with Gasteiger partial charge in [-0.15, -0.1) is 0 Å². The molecule has 0 aliphatic carbocycles. The monoisotopic (exact) mass is 273 g/mol. The maximum absolute atomic E-state index is 12.0. The minimum absolute atomic E-state index is 0.132. The molecule has 0 unspecified atom stereocenters. The van der Waals surface area contributed by atoms with Gasteiger partial charge in [0, 0.05) is 11.8 Å². The molecule has 0 radical (unpaired) electrons. The summed E-state index contributed by atoms with van der Waals surface area (Å²) in [5.41, 5.74) is 6.78. The lowest BCUT2D eigenvalue weighted by atomic mass is 10.1. The van der Waals surface area contributed by atoms with Crippen molar-refractivity contribution in [3.05, 3.63) is 53.9 Å². The van der Waals surface area contributed by atoms with E-state index in [4.69, 9.17) is 18.0 Å². The molecule has 1 aromatic heterocycles. The third-order valence-electron chi connectivity index (χ3n) is 2.49. The van der Waals surface area contributed by atoms with Crippen LogP contribution in [0.3, 0.4) is 0 Å². The molecular formula is C13H11N3O2S. The van der Waals surface area contributed by atoms with E-state index in [0.717, 1.165) is 0 Å². The van der Waals surface area contributed by atoms with Crippen LogP contribution in [0.2, 0.25) is 0 Å². The molecule has 0 aliphatic heterocycles. The van der Waals surface area contributed by atoms with E-state index < -0.39 is 5.91 Å². The number of benzene rings is 1. The number of nitrogens with two attached hydrogens (primary N) is 1. The molecule has 19 heavy (non-hydrogen) atoms. The van der Waals surface area contributed by atoms with E-state index in [-0.39, 0.29) is 16.3 Å². The summed E-state index contributed by atoms with van der Waals surface area (Å²) in [6.07, 6.45) is 2.63. The third kappa shape index (κ3) is 2.86. The quantitative estimate of drug-likeness (QED) is 0.740. The first-order valence-electron chi connectivity index (χ1n) is 5.42. The molecule has 1 heterocycles. The van der Waals surface area contributed by atoms with E-state index in [1.165, 1.54) is 18.5 Å². The van der Waals surface area contributed by atoms with Crippen LogP contribution in [0.25, 0.3) is 0 Å². The summed E-state index contributed by atoms with van der Waals surface area (Å²) < 4.78 is 0. The van der Waals surface area contributed by atoms with Crippen LogP contribution in [0.5, 0.6) is 5.75 Å². The van der Waals surface area contributed by atoms with Crippen molar-refractivity contribution >= 4 is 28.8 Å². The van der Waals surface area contributed by atoms with Gasteiger partial charge in [-0.05, 0) is 18.2 Å². The lowest BCUT2D eigenvalue weighted by Crippen LogP contribution is -2.17. The van der Waals surface area contributed by atoms with Crippen molar-refractivity contribution in [3.63, 3.8) is 0 Å². The molecule has 1 aromatic carbocycles. The van der Waals surface area contributed by atoms with Gasteiger partial charge in [-0.1, -0.05) is 24.4 Å². The molecule has 2 aromatic rings. The van der Waals surface area contributed by atoms with Crippen LogP contribution in [0, 0.1) is 0 Å².